The number of nitrogens with zero attached hydrogens (tertiary/aromatic N) is 2. The molecule has 0 saturated carbocycles. The fraction of sp³-hybridized carbons (Fsp3) is 0.429. The van der Waals surface area contributed by atoms with Gasteiger partial charge >= 0.3 is 0 Å². The van der Waals surface area contributed by atoms with Gasteiger partial charge in [-0.3, -0.25) is 4.79 Å². The number of aromatic nitrogens is 1. The first-order chi connectivity index (χ1) is 13.3. The first kappa shape index (κ1) is 19.0. The van der Waals surface area contributed by atoms with Crippen LogP contribution in [-0.4, -0.2) is 37.2 Å². The van der Waals surface area contributed by atoms with Gasteiger partial charge in [0.05, 0.1) is 25.1 Å². The standard InChI is InChI=1S/C21H27N3O3/c1-2-26-18-8-3-4-9-19(18)27-15-7-10-21(25)23-20-12-11-17(16-22-20)24-13-5-6-14-24/h3-4,8-9,11-12,16H,2,5-7,10,13-15H2,1H3,(H,22,23,25). The lowest BCUT2D eigenvalue weighted by Gasteiger charge is -2.17. The number of ether oxygens (including phenoxy) is 2. The molecular weight excluding hydrogens is 342 g/mol. The second kappa shape index (κ2) is 9.80. The van der Waals surface area contributed by atoms with Gasteiger partial charge in [-0.25, -0.2) is 4.98 Å². The fourth-order valence-electron chi connectivity index (χ4n) is 3.09. The van der Waals surface area contributed by atoms with Gasteiger partial charge in [0.2, 0.25) is 5.91 Å². The molecule has 27 heavy (non-hydrogen) atoms. The summed E-state index contributed by atoms with van der Waals surface area (Å²) < 4.78 is 11.3. The summed E-state index contributed by atoms with van der Waals surface area (Å²) in [4.78, 5) is 18.8. The number of hydrogen-bond acceptors (Lipinski definition) is 5. The maximum Gasteiger partial charge on any atom is 0.225 e. The minimum atomic E-state index is -0.0573. The summed E-state index contributed by atoms with van der Waals surface area (Å²) in [7, 11) is 0. The highest BCUT2D eigenvalue weighted by atomic mass is 16.5. The molecule has 1 aromatic carbocycles. The third kappa shape index (κ3) is 5.61. The molecule has 0 atom stereocenters. The molecule has 1 fully saturated rings. The minimum absolute atomic E-state index is 0.0573. The number of carbonyl (C=O) groups is 1. The average Bonchev–Trinajstić information content (AvgIpc) is 3.22. The molecule has 1 saturated heterocycles. The Hall–Kier alpha value is -2.76. The number of benzene rings is 1. The van der Waals surface area contributed by atoms with E-state index >= 15 is 0 Å². The van der Waals surface area contributed by atoms with Crippen LogP contribution in [0.1, 0.15) is 32.6 Å². The van der Waals surface area contributed by atoms with E-state index in [9.17, 15) is 4.79 Å². The van der Waals surface area contributed by atoms with Gasteiger partial charge in [0.15, 0.2) is 11.5 Å². The number of amides is 1. The fourth-order valence-corrected chi connectivity index (χ4v) is 3.09. The molecule has 1 N–H and O–H groups in total. The Labute approximate surface area is 160 Å². The molecule has 3 rings (SSSR count). The van der Waals surface area contributed by atoms with Crippen LogP contribution in [0.4, 0.5) is 11.5 Å². The maximum atomic E-state index is 12.1. The minimum Gasteiger partial charge on any atom is -0.490 e. The molecule has 6 heteroatoms. The molecule has 6 nitrogen and oxygen atoms in total. The second-order valence-electron chi connectivity index (χ2n) is 6.48. The number of anilines is 2. The number of rotatable bonds is 9. The summed E-state index contributed by atoms with van der Waals surface area (Å²) in [5.74, 6) is 1.97. The first-order valence-corrected chi connectivity index (χ1v) is 9.61. The smallest absolute Gasteiger partial charge is 0.225 e. The van der Waals surface area contributed by atoms with Gasteiger partial charge in [0.1, 0.15) is 5.82 Å². The molecule has 1 amide bonds. The van der Waals surface area contributed by atoms with Crippen molar-refractivity contribution in [2.24, 2.45) is 0 Å². The highest BCUT2D eigenvalue weighted by molar-refractivity contribution is 5.89. The lowest BCUT2D eigenvalue weighted by atomic mass is 10.3. The van der Waals surface area contributed by atoms with Crippen molar-refractivity contribution in [1.82, 2.24) is 4.98 Å². The van der Waals surface area contributed by atoms with E-state index in [0.29, 0.717) is 37.6 Å². The molecule has 0 aliphatic carbocycles. The highest BCUT2D eigenvalue weighted by Gasteiger charge is 2.12. The molecule has 1 aromatic heterocycles. The van der Waals surface area contributed by atoms with Crippen molar-refractivity contribution < 1.29 is 14.3 Å². The summed E-state index contributed by atoms with van der Waals surface area (Å²) in [5, 5.41) is 2.84. The number of nitrogens with one attached hydrogen (secondary N) is 1. The van der Waals surface area contributed by atoms with E-state index in [-0.39, 0.29) is 5.91 Å². The van der Waals surface area contributed by atoms with Gasteiger partial charge < -0.3 is 19.7 Å². The van der Waals surface area contributed by atoms with Gasteiger partial charge in [-0.2, -0.15) is 0 Å². The zero-order valence-corrected chi connectivity index (χ0v) is 15.8. The normalized spacial score (nSPS) is 13.4. The molecule has 144 valence electrons. The molecule has 0 radical (unpaired) electrons. The predicted octanol–water partition coefficient (Wildman–Crippen LogP) is 3.88. The summed E-state index contributed by atoms with van der Waals surface area (Å²) in [6.07, 6.45) is 5.30. The lowest BCUT2D eigenvalue weighted by Crippen LogP contribution is -2.18. The Morgan fingerprint density at radius 2 is 1.85 bits per heavy atom. The molecule has 0 unspecified atom stereocenters. The Morgan fingerprint density at radius 1 is 1.11 bits per heavy atom. The number of carbonyl (C=O) groups excluding carboxylic acids is 1. The van der Waals surface area contributed by atoms with Crippen molar-refractivity contribution in [1.29, 1.82) is 0 Å². The topological polar surface area (TPSA) is 63.7 Å². The maximum absolute atomic E-state index is 12.1. The second-order valence-corrected chi connectivity index (χ2v) is 6.48. The first-order valence-electron chi connectivity index (χ1n) is 9.61. The number of pyridine rings is 1. The Balaban J connectivity index is 1.39. The zero-order valence-electron chi connectivity index (χ0n) is 15.8. The van der Waals surface area contributed by atoms with Gasteiger partial charge in [0.25, 0.3) is 0 Å². The van der Waals surface area contributed by atoms with Gasteiger partial charge in [-0.1, -0.05) is 12.1 Å². The van der Waals surface area contributed by atoms with Crippen molar-refractivity contribution in [3.63, 3.8) is 0 Å². The van der Waals surface area contributed by atoms with E-state index in [0.717, 1.165) is 24.5 Å². The predicted molar refractivity (Wildman–Crippen MR) is 107 cm³/mol. The van der Waals surface area contributed by atoms with Crippen LogP contribution >= 0.6 is 0 Å². The molecule has 2 aromatic rings. The lowest BCUT2D eigenvalue weighted by molar-refractivity contribution is -0.116. The van der Waals surface area contributed by atoms with Crippen LogP contribution in [0.2, 0.25) is 0 Å². The van der Waals surface area contributed by atoms with E-state index in [1.165, 1.54) is 12.8 Å². The van der Waals surface area contributed by atoms with Crippen LogP contribution in [0.15, 0.2) is 42.6 Å². The van der Waals surface area contributed by atoms with Gasteiger partial charge in [-0.15, -0.1) is 0 Å². The van der Waals surface area contributed by atoms with E-state index in [2.05, 4.69) is 15.2 Å². The van der Waals surface area contributed by atoms with Crippen LogP contribution in [0, 0.1) is 0 Å². The molecule has 2 heterocycles. The largest absolute Gasteiger partial charge is 0.490 e. The average molecular weight is 369 g/mol. The van der Waals surface area contributed by atoms with E-state index in [4.69, 9.17) is 9.47 Å². The van der Waals surface area contributed by atoms with Crippen LogP contribution in [0.25, 0.3) is 0 Å². The van der Waals surface area contributed by atoms with Gasteiger partial charge in [-0.05, 0) is 50.5 Å². The molecule has 0 bridgehead atoms. The Bertz CT molecular complexity index is 728. The monoisotopic (exact) mass is 369 g/mol. The third-order valence-corrected chi connectivity index (χ3v) is 4.44. The molecule has 1 aliphatic heterocycles. The molecular formula is C21H27N3O3. The van der Waals surface area contributed by atoms with Crippen LogP contribution < -0.4 is 19.7 Å². The van der Waals surface area contributed by atoms with Crippen molar-refractivity contribution in [2.75, 3.05) is 36.5 Å². The van der Waals surface area contributed by atoms with Crippen molar-refractivity contribution >= 4 is 17.4 Å². The van der Waals surface area contributed by atoms with E-state index in [1.807, 2.05) is 49.5 Å². The summed E-state index contributed by atoms with van der Waals surface area (Å²) in [5.41, 5.74) is 1.12. The van der Waals surface area contributed by atoms with Gasteiger partial charge in [0, 0.05) is 19.5 Å². The van der Waals surface area contributed by atoms with Crippen molar-refractivity contribution in [3.8, 4) is 11.5 Å². The SMILES string of the molecule is CCOc1ccccc1OCCCC(=O)Nc1ccc(N2CCCC2)cn1. The Morgan fingerprint density at radius 3 is 2.52 bits per heavy atom. The van der Waals surface area contributed by atoms with Crippen LogP contribution in [0.3, 0.4) is 0 Å². The molecule has 1 aliphatic rings. The summed E-state index contributed by atoms with van der Waals surface area (Å²) in [6.45, 7) is 5.15. The van der Waals surface area contributed by atoms with Crippen LogP contribution in [0.5, 0.6) is 11.5 Å². The third-order valence-electron chi connectivity index (χ3n) is 4.44. The van der Waals surface area contributed by atoms with Crippen molar-refractivity contribution in [3.05, 3.63) is 42.6 Å². The number of para-hydroxylation sites is 2. The van der Waals surface area contributed by atoms with Crippen molar-refractivity contribution in [2.45, 2.75) is 32.6 Å². The Kier molecular flexibility index (Phi) is 6.90. The van der Waals surface area contributed by atoms with E-state index in [1.54, 1.807) is 0 Å². The molecule has 0 spiro atoms. The summed E-state index contributed by atoms with van der Waals surface area (Å²) in [6, 6.07) is 11.4. The van der Waals surface area contributed by atoms with E-state index < -0.39 is 0 Å². The van der Waals surface area contributed by atoms with Crippen LogP contribution in [-0.2, 0) is 4.79 Å². The highest BCUT2D eigenvalue weighted by Crippen LogP contribution is 2.26. The quantitative estimate of drug-likeness (QED) is 0.680. The zero-order chi connectivity index (χ0) is 18.9. The summed E-state index contributed by atoms with van der Waals surface area (Å²) >= 11 is 0. The number of hydrogen-bond donors (Lipinski definition) is 1.